The Morgan fingerprint density at radius 1 is 1.16 bits per heavy atom. The van der Waals surface area contributed by atoms with Crippen molar-refractivity contribution in [2.45, 2.75) is 32.2 Å². The van der Waals surface area contributed by atoms with E-state index in [1.54, 1.807) is 7.11 Å². The number of fused-ring (bicyclic) bond motifs is 1. The fourth-order valence-corrected chi connectivity index (χ4v) is 4.51. The number of nitrogens with zero attached hydrogens (tertiary/aromatic N) is 3. The van der Waals surface area contributed by atoms with Crippen LogP contribution < -0.4 is 10.1 Å². The molecule has 2 fully saturated rings. The lowest BCUT2D eigenvalue weighted by atomic mass is 10.1. The SMILES string of the molecule is CN=C(NCc1ccc(OC)c(C)c1)N1CC2OCCN(Cc3ccccc3)C2C1.I. The Labute approximate surface area is 202 Å². The number of aliphatic imine (C=N–C) groups is 1. The summed E-state index contributed by atoms with van der Waals surface area (Å²) in [5, 5.41) is 3.53. The van der Waals surface area contributed by atoms with Crippen molar-refractivity contribution in [3.8, 4) is 5.75 Å². The molecule has 2 unspecified atom stereocenters. The number of methoxy groups -OCH3 is 1. The summed E-state index contributed by atoms with van der Waals surface area (Å²) in [6, 6.07) is 17.4. The molecule has 2 heterocycles. The highest BCUT2D eigenvalue weighted by Gasteiger charge is 2.41. The third-order valence-electron chi connectivity index (χ3n) is 6.07. The zero-order valence-electron chi connectivity index (χ0n) is 18.6. The lowest BCUT2D eigenvalue weighted by Gasteiger charge is -2.36. The smallest absolute Gasteiger partial charge is 0.194 e. The number of guanidine groups is 1. The summed E-state index contributed by atoms with van der Waals surface area (Å²) in [4.78, 5) is 9.43. The number of halogens is 1. The molecule has 1 N–H and O–H groups in total. The second kappa shape index (κ2) is 11.2. The zero-order chi connectivity index (χ0) is 20.9. The van der Waals surface area contributed by atoms with Crippen molar-refractivity contribution < 1.29 is 9.47 Å². The average molecular weight is 536 g/mol. The molecule has 31 heavy (non-hydrogen) atoms. The third-order valence-corrected chi connectivity index (χ3v) is 6.07. The predicted molar refractivity (Wildman–Crippen MR) is 135 cm³/mol. The fourth-order valence-electron chi connectivity index (χ4n) is 4.51. The normalized spacial score (nSPS) is 21.4. The first-order valence-electron chi connectivity index (χ1n) is 10.7. The van der Waals surface area contributed by atoms with Gasteiger partial charge in [0.05, 0.1) is 25.9 Å². The van der Waals surface area contributed by atoms with Crippen molar-refractivity contribution in [2.75, 3.05) is 40.4 Å². The van der Waals surface area contributed by atoms with Crippen LogP contribution in [0.2, 0.25) is 0 Å². The number of hydrogen-bond acceptors (Lipinski definition) is 4. The molecule has 2 atom stereocenters. The van der Waals surface area contributed by atoms with Gasteiger partial charge in [-0.05, 0) is 29.7 Å². The molecular formula is C24H33IN4O2. The lowest BCUT2D eigenvalue weighted by molar-refractivity contribution is -0.0502. The Morgan fingerprint density at radius 3 is 2.68 bits per heavy atom. The van der Waals surface area contributed by atoms with Gasteiger partial charge in [-0.15, -0.1) is 24.0 Å². The molecule has 2 saturated heterocycles. The van der Waals surface area contributed by atoms with Gasteiger partial charge >= 0.3 is 0 Å². The summed E-state index contributed by atoms with van der Waals surface area (Å²) >= 11 is 0. The second-order valence-electron chi connectivity index (χ2n) is 8.04. The standard InChI is InChI=1S/C24H32N4O2.HI/c1-18-13-20(9-10-22(18)29-3)14-26-24(25-2)28-16-21-23(17-28)30-12-11-27(21)15-19-7-5-4-6-8-19;/h4-10,13,21,23H,11-12,14-17H2,1-3H3,(H,25,26);1H. The van der Waals surface area contributed by atoms with Crippen LogP contribution >= 0.6 is 24.0 Å². The highest BCUT2D eigenvalue weighted by Crippen LogP contribution is 2.25. The summed E-state index contributed by atoms with van der Waals surface area (Å²) < 4.78 is 11.5. The molecule has 2 aliphatic heterocycles. The highest BCUT2D eigenvalue weighted by atomic mass is 127. The van der Waals surface area contributed by atoms with E-state index in [1.807, 2.05) is 13.1 Å². The van der Waals surface area contributed by atoms with Gasteiger partial charge in [0.15, 0.2) is 5.96 Å². The van der Waals surface area contributed by atoms with Gasteiger partial charge in [0.1, 0.15) is 5.75 Å². The van der Waals surface area contributed by atoms with E-state index in [-0.39, 0.29) is 30.1 Å². The molecule has 0 radical (unpaired) electrons. The fraction of sp³-hybridized carbons (Fsp3) is 0.458. The molecule has 168 valence electrons. The van der Waals surface area contributed by atoms with Gasteiger partial charge in [0.2, 0.25) is 0 Å². The van der Waals surface area contributed by atoms with E-state index < -0.39 is 0 Å². The van der Waals surface area contributed by atoms with E-state index >= 15 is 0 Å². The molecule has 2 aromatic carbocycles. The molecule has 2 aromatic rings. The summed E-state index contributed by atoms with van der Waals surface area (Å²) in [5.41, 5.74) is 3.71. The summed E-state index contributed by atoms with van der Waals surface area (Å²) in [5.74, 6) is 1.85. The third kappa shape index (κ3) is 5.70. The number of benzene rings is 2. The van der Waals surface area contributed by atoms with E-state index in [2.05, 4.69) is 69.5 Å². The number of morpholine rings is 1. The predicted octanol–water partition coefficient (Wildman–Crippen LogP) is 3.28. The Hall–Kier alpha value is -1.84. The van der Waals surface area contributed by atoms with E-state index in [9.17, 15) is 0 Å². The zero-order valence-corrected chi connectivity index (χ0v) is 20.9. The van der Waals surface area contributed by atoms with Crippen LogP contribution in [0, 0.1) is 6.92 Å². The maximum absolute atomic E-state index is 6.12. The van der Waals surface area contributed by atoms with Gasteiger partial charge in [-0.2, -0.15) is 0 Å². The average Bonchev–Trinajstić information content (AvgIpc) is 3.20. The van der Waals surface area contributed by atoms with Crippen LogP contribution in [0.25, 0.3) is 0 Å². The van der Waals surface area contributed by atoms with Crippen LogP contribution in [0.1, 0.15) is 16.7 Å². The molecule has 0 spiro atoms. The van der Waals surface area contributed by atoms with Crippen molar-refractivity contribution in [1.82, 2.24) is 15.1 Å². The summed E-state index contributed by atoms with van der Waals surface area (Å²) in [7, 11) is 3.56. The molecule has 0 bridgehead atoms. The maximum atomic E-state index is 6.12. The second-order valence-corrected chi connectivity index (χ2v) is 8.04. The molecule has 4 rings (SSSR count). The Kier molecular flexibility index (Phi) is 8.57. The Balaban J connectivity index is 0.00000272. The van der Waals surface area contributed by atoms with Crippen molar-refractivity contribution in [1.29, 1.82) is 0 Å². The molecule has 6 nitrogen and oxygen atoms in total. The Bertz CT molecular complexity index is 877. The van der Waals surface area contributed by atoms with Crippen molar-refractivity contribution in [3.05, 3.63) is 65.2 Å². The maximum Gasteiger partial charge on any atom is 0.194 e. The van der Waals surface area contributed by atoms with Crippen LogP contribution in [0.5, 0.6) is 5.75 Å². The van der Waals surface area contributed by atoms with E-state index in [0.717, 1.165) is 56.6 Å². The largest absolute Gasteiger partial charge is 0.496 e. The summed E-state index contributed by atoms with van der Waals surface area (Å²) in [6.07, 6.45) is 0.226. The number of nitrogens with one attached hydrogen (secondary N) is 1. The van der Waals surface area contributed by atoms with E-state index in [1.165, 1.54) is 11.1 Å². The van der Waals surface area contributed by atoms with Gasteiger partial charge in [-0.1, -0.05) is 42.5 Å². The lowest BCUT2D eigenvalue weighted by Crippen LogP contribution is -2.50. The molecule has 2 aliphatic rings. The quantitative estimate of drug-likeness (QED) is 0.361. The van der Waals surface area contributed by atoms with Gasteiger partial charge in [-0.25, -0.2) is 0 Å². The summed E-state index contributed by atoms with van der Waals surface area (Å²) in [6.45, 7) is 7.34. The number of aryl methyl sites for hydroxylation is 1. The van der Waals surface area contributed by atoms with Gasteiger partial charge in [-0.3, -0.25) is 9.89 Å². The monoisotopic (exact) mass is 536 g/mol. The van der Waals surface area contributed by atoms with Gasteiger partial charge < -0.3 is 19.7 Å². The van der Waals surface area contributed by atoms with Crippen LogP contribution in [-0.2, 0) is 17.8 Å². The van der Waals surface area contributed by atoms with Gasteiger partial charge in [0, 0.05) is 39.8 Å². The number of likely N-dealkylation sites (tertiary alicyclic amines) is 1. The van der Waals surface area contributed by atoms with Crippen LogP contribution in [0.15, 0.2) is 53.5 Å². The molecule has 7 heteroatoms. The minimum absolute atomic E-state index is 0. The molecule has 0 aromatic heterocycles. The van der Waals surface area contributed by atoms with Crippen LogP contribution in [0.3, 0.4) is 0 Å². The molecule has 0 aliphatic carbocycles. The van der Waals surface area contributed by atoms with E-state index in [4.69, 9.17) is 9.47 Å². The first-order valence-corrected chi connectivity index (χ1v) is 10.7. The van der Waals surface area contributed by atoms with Gasteiger partial charge in [0.25, 0.3) is 0 Å². The molecular weight excluding hydrogens is 503 g/mol. The highest BCUT2D eigenvalue weighted by molar-refractivity contribution is 14.0. The van der Waals surface area contributed by atoms with Crippen molar-refractivity contribution in [3.63, 3.8) is 0 Å². The van der Waals surface area contributed by atoms with Crippen molar-refractivity contribution in [2.24, 2.45) is 4.99 Å². The van der Waals surface area contributed by atoms with E-state index in [0.29, 0.717) is 6.04 Å². The first-order chi connectivity index (χ1) is 14.7. The van der Waals surface area contributed by atoms with Crippen LogP contribution in [0.4, 0.5) is 0 Å². The first kappa shape index (κ1) is 23.8. The van der Waals surface area contributed by atoms with Crippen LogP contribution in [-0.4, -0.2) is 68.3 Å². The molecule has 0 saturated carbocycles. The Morgan fingerprint density at radius 2 is 1.97 bits per heavy atom. The number of rotatable bonds is 5. The number of ether oxygens (including phenoxy) is 2. The topological polar surface area (TPSA) is 49.3 Å². The molecule has 0 amide bonds. The van der Waals surface area contributed by atoms with Crippen molar-refractivity contribution >= 4 is 29.9 Å². The number of hydrogen-bond donors (Lipinski definition) is 1. The minimum Gasteiger partial charge on any atom is -0.496 e. The minimum atomic E-state index is 0.